The number of aryl methyl sites for hydroxylation is 3. The number of ether oxygens (including phenoxy) is 5. The summed E-state index contributed by atoms with van der Waals surface area (Å²) >= 11 is 0. The number of aliphatic hydroxyl groups is 1. The molecule has 0 amide bonds. The highest BCUT2D eigenvalue weighted by atomic mass is 16.7. The Morgan fingerprint density at radius 2 is 0.859 bits per heavy atom. The molecular formula is C58H88O6. The molecule has 0 heterocycles. The Kier molecular flexibility index (Phi) is 17.2. The average molecular weight is 881 g/mol. The Hall–Kier alpha value is -2.90. The van der Waals surface area contributed by atoms with Crippen LogP contribution in [0.2, 0.25) is 0 Å². The summed E-state index contributed by atoms with van der Waals surface area (Å²) in [5, 5.41) is 11.7. The van der Waals surface area contributed by atoms with Crippen molar-refractivity contribution in [2.24, 2.45) is 0 Å². The van der Waals surface area contributed by atoms with Crippen molar-refractivity contribution in [3.8, 4) is 11.5 Å². The molecule has 356 valence electrons. The molecule has 6 rings (SSSR count). The fraction of sp³-hybridized carbons (Fsp3) is 0.690. The van der Waals surface area contributed by atoms with Crippen molar-refractivity contribution in [1.29, 1.82) is 0 Å². The van der Waals surface area contributed by atoms with Gasteiger partial charge in [-0.05, 0) is 214 Å². The van der Waals surface area contributed by atoms with Crippen LogP contribution < -0.4 is 9.47 Å². The van der Waals surface area contributed by atoms with Gasteiger partial charge in [0.2, 0.25) is 0 Å². The summed E-state index contributed by atoms with van der Waals surface area (Å²) in [6.07, 6.45) is 18.4. The molecule has 64 heavy (non-hydrogen) atoms. The Balaban J connectivity index is 1.50. The fourth-order valence-corrected chi connectivity index (χ4v) is 11.0. The van der Waals surface area contributed by atoms with Crippen LogP contribution in [-0.2, 0) is 14.2 Å². The third-order valence-electron chi connectivity index (χ3n) is 14.4. The first kappa shape index (κ1) is 50.5. The predicted octanol–water partition coefficient (Wildman–Crippen LogP) is 16.2. The Morgan fingerprint density at radius 3 is 1.25 bits per heavy atom. The summed E-state index contributed by atoms with van der Waals surface area (Å²) in [7, 11) is 0. The molecule has 3 fully saturated rings. The topological polar surface area (TPSA) is 66.4 Å². The normalized spacial score (nSPS) is 18.7. The summed E-state index contributed by atoms with van der Waals surface area (Å²) in [4.78, 5) is 0. The van der Waals surface area contributed by atoms with Gasteiger partial charge in [0, 0.05) is 11.5 Å². The summed E-state index contributed by atoms with van der Waals surface area (Å²) in [5.41, 5.74) is 11.8. The standard InChI is InChI=1S/C58H88O6/c1-38(45-33-48(42-23-17-14-18-24-42)52(30-39(45)2)55(59)64-58(11,12)13)29-51(46-34-49(43-25-19-15-20-26-43)53(31-40(46)3)60-36-62-56(5,6)7)47-35-50(44-27-21-16-22-28-44)54(32-41(47)4)61-37-63-57(8,9)10/h30-35,38,42-44,51,55,59H,14-29,36-37H2,1-13H3. The number of aliphatic hydroxyl groups excluding tert-OH is 1. The van der Waals surface area contributed by atoms with Gasteiger partial charge in [-0.2, -0.15) is 0 Å². The second-order valence-corrected chi connectivity index (χ2v) is 23.1. The van der Waals surface area contributed by atoms with Gasteiger partial charge in [-0.1, -0.05) is 89.0 Å². The molecule has 3 aliphatic rings. The van der Waals surface area contributed by atoms with Crippen LogP contribution in [0.25, 0.3) is 0 Å². The first-order valence-corrected chi connectivity index (χ1v) is 25.5. The molecular weight excluding hydrogens is 793 g/mol. The lowest BCUT2D eigenvalue weighted by molar-refractivity contribution is -0.170. The molecule has 0 radical (unpaired) electrons. The molecule has 3 aromatic rings. The number of benzene rings is 3. The molecule has 2 unspecified atom stereocenters. The maximum Gasteiger partial charge on any atom is 0.189 e. The molecule has 6 heteroatoms. The van der Waals surface area contributed by atoms with Crippen molar-refractivity contribution in [2.75, 3.05) is 13.6 Å². The van der Waals surface area contributed by atoms with Crippen molar-refractivity contribution in [3.05, 3.63) is 92.0 Å². The van der Waals surface area contributed by atoms with Gasteiger partial charge in [0.15, 0.2) is 19.9 Å². The number of rotatable bonds is 16. The molecule has 3 aromatic carbocycles. The van der Waals surface area contributed by atoms with Crippen molar-refractivity contribution < 1.29 is 28.8 Å². The maximum absolute atomic E-state index is 11.7. The van der Waals surface area contributed by atoms with Crippen LogP contribution in [0.5, 0.6) is 11.5 Å². The van der Waals surface area contributed by atoms with Crippen LogP contribution in [0.15, 0.2) is 36.4 Å². The van der Waals surface area contributed by atoms with Crippen molar-refractivity contribution in [3.63, 3.8) is 0 Å². The van der Waals surface area contributed by atoms with E-state index in [1.807, 2.05) is 20.8 Å². The van der Waals surface area contributed by atoms with Crippen molar-refractivity contribution >= 4 is 0 Å². The van der Waals surface area contributed by atoms with Crippen LogP contribution in [0.3, 0.4) is 0 Å². The van der Waals surface area contributed by atoms with Crippen molar-refractivity contribution in [2.45, 2.75) is 245 Å². The predicted molar refractivity (Wildman–Crippen MR) is 264 cm³/mol. The average Bonchev–Trinajstić information content (AvgIpc) is 3.22. The lowest BCUT2D eigenvalue weighted by Gasteiger charge is -2.33. The zero-order chi connectivity index (χ0) is 46.4. The number of hydrogen-bond donors (Lipinski definition) is 1. The molecule has 0 bridgehead atoms. The Bertz CT molecular complexity index is 1870. The van der Waals surface area contributed by atoms with E-state index in [0.717, 1.165) is 36.3 Å². The third kappa shape index (κ3) is 13.8. The zero-order valence-electron chi connectivity index (χ0n) is 42.6. The van der Waals surface area contributed by atoms with Gasteiger partial charge in [-0.25, -0.2) is 0 Å². The van der Waals surface area contributed by atoms with Crippen LogP contribution in [-0.4, -0.2) is 35.5 Å². The third-order valence-corrected chi connectivity index (χ3v) is 14.4. The van der Waals surface area contributed by atoms with Crippen molar-refractivity contribution in [1.82, 2.24) is 0 Å². The highest BCUT2D eigenvalue weighted by Gasteiger charge is 2.32. The first-order chi connectivity index (χ1) is 30.2. The molecule has 0 saturated heterocycles. The van der Waals surface area contributed by atoms with Crippen LogP contribution in [0.4, 0.5) is 0 Å². The van der Waals surface area contributed by atoms with Gasteiger partial charge in [-0.15, -0.1) is 0 Å². The molecule has 0 aromatic heterocycles. The van der Waals surface area contributed by atoms with E-state index in [-0.39, 0.29) is 36.6 Å². The summed E-state index contributed by atoms with van der Waals surface area (Å²) < 4.78 is 31.8. The van der Waals surface area contributed by atoms with Gasteiger partial charge in [0.05, 0.1) is 16.8 Å². The van der Waals surface area contributed by atoms with Gasteiger partial charge in [0.1, 0.15) is 11.5 Å². The van der Waals surface area contributed by atoms with E-state index in [0.29, 0.717) is 17.8 Å². The largest absolute Gasteiger partial charge is 0.467 e. The highest BCUT2D eigenvalue weighted by Crippen LogP contribution is 2.48. The Morgan fingerprint density at radius 1 is 0.484 bits per heavy atom. The van der Waals surface area contributed by atoms with E-state index < -0.39 is 11.9 Å². The lowest BCUT2D eigenvalue weighted by Crippen LogP contribution is -2.24. The molecule has 3 aliphatic carbocycles. The quantitative estimate of drug-likeness (QED) is 0.145. The van der Waals surface area contributed by atoms with Gasteiger partial charge in [0.25, 0.3) is 0 Å². The van der Waals surface area contributed by atoms with Gasteiger partial charge < -0.3 is 28.8 Å². The van der Waals surface area contributed by atoms with E-state index in [9.17, 15) is 5.11 Å². The highest BCUT2D eigenvalue weighted by molar-refractivity contribution is 5.53. The van der Waals surface area contributed by atoms with Gasteiger partial charge in [-0.3, -0.25) is 0 Å². The van der Waals surface area contributed by atoms with E-state index >= 15 is 0 Å². The summed E-state index contributed by atoms with van der Waals surface area (Å²) in [6.45, 7) is 28.4. The molecule has 1 N–H and O–H groups in total. The minimum Gasteiger partial charge on any atom is -0.467 e. The molecule has 2 atom stereocenters. The van der Waals surface area contributed by atoms with E-state index in [1.54, 1.807) is 0 Å². The maximum atomic E-state index is 11.7. The lowest BCUT2D eigenvalue weighted by atomic mass is 9.74. The van der Waals surface area contributed by atoms with E-state index in [4.69, 9.17) is 23.7 Å². The van der Waals surface area contributed by atoms with Crippen LogP contribution in [0, 0.1) is 20.8 Å². The minimum atomic E-state index is -0.960. The monoisotopic (exact) mass is 881 g/mol. The molecule has 0 spiro atoms. The SMILES string of the molecule is Cc1cc(C(O)OC(C)(C)C)c(C2CCCCC2)cc1C(C)CC(c1cc(C2CCCCC2)c(OCOC(C)(C)C)cc1C)c1cc(C2CCCCC2)c(OCOC(C)(C)C)cc1C. The smallest absolute Gasteiger partial charge is 0.189 e. The molecule has 6 nitrogen and oxygen atoms in total. The number of hydrogen-bond acceptors (Lipinski definition) is 6. The Labute approximate surface area is 389 Å². The van der Waals surface area contributed by atoms with E-state index in [2.05, 4.69) is 106 Å². The second-order valence-electron chi connectivity index (χ2n) is 23.1. The minimum absolute atomic E-state index is 0.131. The van der Waals surface area contributed by atoms with Crippen LogP contribution in [0.1, 0.15) is 263 Å². The van der Waals surface area contributed by atoms with Gasteiger partial charge >= 0.3 is 0 Å². The molecule has 3 saturated carbocycles. The fourth-order valence-electron chi connectivity index (χ4n) is 11.0. The second kappa shape index (κ2) is 21.8. The molecule has 0 aliphatic heterocycles. The first-order valence-electron chi connectivity index (χ1n) is 25.5. The van der Waals surface area contributed by atoms with E-state index in [1.165, 1.54) is 134 Å². The van der Waals surface area contributed by atoms with Crippen LogP contribution >= 0.6 is 0 Å². The summed E-state index contributed by atoms with van der Waals surface area (Å²) in [6, 6.07) is 14.5. The zero-order valence-corrected chi connectivity index (χ0v) is 42.6. The summed E-state index contributed by atoms with van der Waals surface area (Å²) in [5.74, 6) is 3.67.